The van der Waals surface area contributed by atoms with Crippen LogP contribution in [-0.4, -0.2) is 23.1 Å². The van der Waals surface area contributed by atoms with Crippen LogP contribution in [0.1, 0.15) is 18.1 Å². The van der Waals surface area contributed by atoms with E-state index in [4.69, 9.17) is 10.00 Å². The van der Waals surface area contributed by atoms with E-state index >= 15 is 0 Å². The second kappa shape index (κ2) is 8.21. The number of hydrogen-bond donors (Lipinski definition) is 1. The molecule has 2 aromatic rings. The molecule has 0 spiro atoms. The summed E-state index contributed by atoms with van der Waals surface area (Å²) in [6.45, 7) is 1.55. The van der Waals surface area contributed by atoms with Crippen LogP contribution in [0.15, 0.2) is 53.6 Å². The van der Waals surface area contributed by atoms with Gasteiger partial charge in [0.1, 0.15) is 5.75 Å². The molecule has 1 unspecified atom stereocenters. The Balaban J connectivity index is 1.91. The fourth-order valence-electron chi connectivity index (χ4n) is 1.85. The zero-order valence-electron chi connectivity index (χ0n) is 13.2. The molecule has 8 nitrogen and oxygen atoms in total. The maximum atomic E-state index is 11.9. The van der Waals surface area contributed by atoms with Gasteiger partial charge in [-0.3, -0.25) is 14.9 Å². The van der Waals surface area contributed by atoms with Crippen LogP contribution in [0.3, 0.4) is 0 Å². The smallest absolute Gasteiger partial charge is 0.280 e. The predicted octanol–water partition coefficient (Wildman–Crippen LogP) is 2.38. The quantitative estimate of drug-likeness (QED) is 0.493. The van der Waals surface area contributed by atoms with Gasteiger partial charge in [-0.1, -0.05) is 12.1 Å². The minimum atomic E-state index is -0.810. The maximum absolute atomic E-state index is 11.9. The fraction of sp³-hybridized carbons (Fsp3) is 0.118. The van der Waals surface area contributed by atoms with Crippen molar-refractivity contribution in [2.45, 2.75) is 13.0 Å². The first-order chi connectivity index (χ1) is 12.0. The van der Waals surface area contributed by atoms with Crippen LogP contribution in [0.4, 0.5) is 5.69 Å². The molecule has 0 aliphatic heterocycles. The second-order valence-electron chi connectivity index (χ2n) is 4.98. The van der Waals surface area contributed by atoms with E-state index in [1.165, 1.54) is 24.4 Å². The van der Waals surface area contributed by atoms with Crippen molar-refractivity contribution in [2.24, 2.45) is 5.10 Å². The van der Waals surface area contributed by atoms with Gasteiger partial charge in [-0.2, -0.15) is 10.4 Å². The minimum Gasteiger partial charge on any atom is -0.481 e. The van der Waals surface area contributed by atoms with Crippen LogP contribution in [0.5, 0.6) is 5.75 Å². The average Bonchev–Trinajstić information content (AvgIpc) is 2.62. The van der Waals surface area contributed by atoms with Gasteiger partial charge in [-0.05, 0) is 31.2 Å². The van der Waals surface area contributed by atoms with Crippen molar-refractivity contribution >= 4 is 17.8 Å². The Labute approximate surface area is 143 Å². The molecule has 2 aromatic carbocycles. The van der Waals surface area contributed by atoms with E-state index in [-0.39, 0.29) is 5.69 Å². The third-order valence-electron chi connectivity index (χ3n) is 3.13. The molecule has 2 rings (SSSR count). The molecule has 1 N–H and O–H groups in total. The van der Waals surface area contributed by atoms with E-state index in [1.54, 1.807) is 37.3 Å². The van der Waals surface area contributed by atoms with Gasteiger partial charge in [-0.25, -0.2) is 5.43 Å². The molecule has 0 aliphatic carbocycles. The summed E-state index contributed by atoms with van der Waals surface area (Å²) in [6.07, 6.45) is 0.495. The first-order valence-electron chi connectivity index (χ1n) is 7.24. The lowest BCUT2D eigenvalue weighted by Gasteiger charge is -2.12. The van der Waals surface area contributed by atoms with Crippen molar-refractivity contribution < 1.29 is 14.5 Å². The van der Waals surface area contributed by atoms with E-state index < -0.39 is 16.9 Å². The van der Waals surface area contributed by atoms with Gasteiger partial charge >= 0.3 is 0 Å². The molecule has 0 heterocycles. The molecule has 126 valence electrons. The number of amides is 1. The van der Waals surface area contributed by atoms with E-state index in [1.807, 2.05) is 6.07 Å². The Morgan fingerprint density at radius 3 is 2.72 bits per heavy atom. The molecule has 0 fully saturated rings. The van der Waals surface area contributed by atoms with Crippen molar-refractivity contribution in [1.29, 1.82) is 5.26 Å². The lowest BCUT2D eigenvalue weighted by molar-refractivity contribution is -0.384. The highest BCUT2D eigenvalue weighted by Gasteiger charge is 2.13. The van der Waals surface area contributed by atoms with Gasteiger partial charge < -0.3 is 4.74 Å². The summed E-state index contributed by atoms with van der Waals surface area (Å²) in [4.78, 5) is 22.1. The number of nitro benzene ring substituents is 1. The Bertz CT molecular complexity index is 840. The van der Waals surface area contributed by atoms with Gasteiger partial charge in [0, 0.05) is 17.7 Å². The molecular weight excluding hydrogens is 324 g/mol. The molecule has 0 bridgehead atoms. The van der Waals surface area contributed by atoms with Gasteiger partial charge in [0.2, 0.25) is 0 Å². The highest BCUT2D eigenvalue weighted by Crippen LogP contribution is 2.13. The lowest BCUT2D eigenvalue weighted by Crippen LogP contribution is -2.33. The number of hydrogen-bond acceptors (Lipinski definition) is 6. The summed E-state index contributed by atoms with van der Waals surface area (Å²) >= 11 is 0. The Morgan fingerprint density at radius 1 is 1.36 bits per heavy atom. The molecule has 0 radical (unpaired) electrons. The predicted molar refractivity (Wildman–Crippen MR) is 90.1 cm³/mol. The number of nitrogens with zero attached hydrogens (tertiary/aromatic N) is 3. The van der Waals surface area contributed by atoms with Gasteiger partial charge in [-0.15, -0.1) is 0 Å². The number of nitro groups is 1. The molecule has 1 amide bonds. The summed E-state index contributed by atoms with van der Waals surface area (Å²) < 4.78 is 5.44. The zero-order valence-corrected chi connectivity index (χ0v) is 13.2. The molecular formula is C17H14N4O4. The highest BCUT2D eigenvalue weighted by molar-refractivity contribution is 5.84. The number of hydrazone groups is 1. The van der Waals surface area contributed by atoms with E-state index in [0.29, 0.717) is 16.9 Å². The number of carbonyl (C=O) groups is 1. The maximum Gasteiger partial charge on any atom is 0.280 e. The number of nitrogens with one attached hydrogen (secondary N) is 1. The third-order valence-corrected chi connectivity index (χ3v) is 3.13. The standard InChI is InChI=1S/C17H14N4O4/c1-12(25-16-7-5-13(10-18)6-8-16)17(22)20-19-11-14-3-2-4-15(9-14)21(23)24/h2-9,11-12H,1H3,(H,20,22)/b19-11+. The number of non-ortho nitro benzene ring substituents is 1. The van der Waals surface area contributed by atoms with Crippen molar-refractivity contribution in [3.05, 3.63) is 69.8 Å². The Morgan fingerprint density at radius 2 is 2.08 bits per heavy atom. The van der Waals surface area contributed by atoms with Crippen molar-refractivity contribution in [3.63, 3.8) is 0 Å². The van der Waals surface area contributed by atoms with Gasteiger partial charge in [0.25, 0.3) is 11.6 Å². The number of nitriles is 1. The first-order valence-corrected chi connectivity index (χ1v) is 7.24. The van der Waals surface area contributed by atoms with E-state index in [9.17, 15) is 14.9 Å². The van der Waals surface area contributed by atoms with Crippen LogP contribution in [0, 0.1) is 21.4 Å². The Kier molecular flexibility index (Phi) is 5.79. The molecule has 1 atom stereocenters. The molecule has 25 heavy (non-hydrogen) atoms. The van der Waals surface area contributed by atoms with Crippen molar-refractivity contribution in [1.82, 2.24) is 5.43 Å². The monoisotopic (exact) mass is 338 g/mol. The number of rotatable bonds is 6. The van der Waals surface area contributed by atoms with Crippen LogP contribution in [0.25, 0.3) is 0 Å². The SMILES string of the molecule is CC(Oc1ccc(C#N)cc1)C(=O)N/N=C/c1cccc([N+](=O)[O-])c1. The highest BCUT2D eigenvalue weighted by atomic mass is 16.6. The summed E-state index contributed by atoms with van der Waals surface area (Å²) in [6, 6.07) is 14.2. The first kappa shape index (κ1) is 17.6. The van der Waals surface area contributed by atoms with Crippen LogP contribution in [-0.2, 0) is 4.79 Å². The van der Waals surface area contributed by atoms with Crippen molar-refractivity contribution in [3.8, 4) is 11.8 Å². The molecule has 0 aliphatic rings. The molecule has 0 aromatic heterocycles. The summed E-state index contributed by atoms with van der Waals surface area (Å²) in [5.74, 6) is -0.0321. The van der Waals surface area contributed by atoms with Crippen LogP contribution >= 0.6 is 0 Å². The topological polar surface area (TPSA) is 118 Å². The second-order valence-corrected chi connectivity index (χ2v) is 4.98. The average molecular weight is 338 g/mol. The van der Waals surface area contributed by atoms with Crippen molar-refractivity contribution in [2.75, 3.05) is 0 Å². The van der Waals surface area contributed by atoms with Gasteiger partial charge in [0.15, 0.2) is 6.10 Å². The minimum absolute atomic E-state index is 0.0622. The molecule has 0 saturated heterocycles. The third kappa shape index (κ3) is 5.14. The van der Waals surface area contributed by atoms with Crippen LogP contribution in [0.2, 0.25) is 0 Å². The lowest BCUT2D eigenvalue weighted by atomic mass is 10.2. The number of benzene rings is 2. The Hall–Kier alpha value is -3.73. The number of carbonyl (C=O) groups excluding carboxylic acids is 1. The number of ether oxygens (including phenoxy) is 1. The van der Waals surface area contributed by atoms with E-state index in [2.05, 4.69) is 10.5 Å². The fourth-order valence-corrected chi connectivity index (χ4v) is 1.85. The van der Waals surface area contributed by atoms with Gasteiger partial charge in [0.05, 0.1) is 22.8 Å². The van der Waals surface area contributed by atoms with E-state index in [0.717, 1.165) is 0 Å². The van der Waals surface area contributed by atoms with Crippen LogP contribution < -0.4 is 10.2 Å². The zero-order chi connectivity index (χ0) is 18.2. The molecule has 0 saturated carbocycles. The largest absolute Gasteiger partial charge is 0.481 e. The normalized spacial score (nSPS) is 11.5. The summed E-state index contributed by atoms with van der Waals surface area (Å²) in [5.41, 5.74) is 3.22. The summed E-state index contributed by atoms with van der Waals surface area (Å²) in [7, 11) is 0. The molecule has 8 heteroatoms. The summed E-state index contributed by atoms with van der Waals surface area (Å²) in [5, 5.41) is 23.2.